The van der Waals surface area contributed by atoms with Crippen molar-refractivity contribution in [2.24, 2.45) is 5.92 Å². The van der Waals surface area contributed by atoms with Crippen molar-refractivity contribution >= 4 is 28.6 Å². The van der Waals surface area contributed by atoms with Crippen molar-refractivity contribution < 1.29 is 9.90 Å². The summed E-state index contributed by atoms with van der Waals surface area (Å²) >= 11 is 2.35. The fourth-order valence-electron chi connectivity index (χ4n) is 2.97. The van der Waals surface area contributed by atoms with Crippen molar-refractivity contribution in [3.05, 3.63) is 33.4 Å². The molecule has 2 nitrogen and oxygen atoms in total. The first-order valence-electron chi connectivity index (χ1n) is 9.57. The zero-order valence-electron chi connectivity index (χ0n) is 15.1. The molecule has 0 aromatic heterocycles. The maximum atomic E-state index is 10.7. The molecule has 1 atom stereocenters. The minimum atomic E-state index is -0.656. The summed E-state index contributed by atoms with van der Waals surface area (Å²) in [6.07, 6.45) is 14.9. The van der Waals surface area contributed by atoms with Crippen molar-refractivity contribution in [1.82, 2.24) is 0 Å². The summed E-state index contributed by atoms with van der Waals surface area (Å²) in [6.45, 7) is 1.81. The Kier molecular flexibility index (Phi) is 12.2. The van der Waals surface area contributed by atoms with Gasteiger partial charge in [0.05, 0.1) is 5.92 Å². The summed E-state index contributed by atoms with van der Waals surface area (Å²) in [5.41, 5.74) is 1.47. The van der Waals surface area contributed by atoms with Crippen LogP contribution in [-0.2, 0) is 11.2 Å². The van der Waals surface area contributed by atoms with Crippen molar-refractivity contribution in [1.29, 1.82) is 0 Å². The van der Waals surface area contributed by atoms with Crippen molar-refractivity contribution in [2.45, 2.75) is 84.0 Å². The molecule has 0 bridgehead atoms. The molecule has 0 radical (unpaired) electrons. The molecule has 1 N–H and O–H groups in total. The van der Waals surface area contributed by atoms with E-state index in [0.29, 0.717) is 0 Å². The van der Waals surface area contributed by atoms with E-state index in [1.54, 1.807) is 6.92 Å². The fraction of sp³-hybridized carbons (Fsp3) is 0.667. The number of carboxylic acids is 1. The fourth-order valence-corrected chi connectivity index (χ4v) is 3.33. The second kappa shape index (κ2) is 13.7. The van der Waals surface area contributed by atoms with E-state index in [4.69, 9.17) is 5.11 Å². The van der Waals surface area contributed by atoms with Gasteiger partial charge in [0, 0.05) is 3.57 Å². The smallest absolute Gasteiger partial charge is 0.306 e. The number of unbranched alkanes of at least 4 members (excludes halogenated alkanes) is 9. The molecule has 0 heterocycles. The molecule has 1 unspecified atom stereocenters. The second-order valence-electron chi connectivity index (χ2n) is 6.94. The maximum absolute atomic E-state index is 10.7. The largest absolute Gasteiger partial charge is 0.481 e. The van der Waals surface area contributed by atoms with Crippen molar-refractivity contribution in [2.75, 3.05) is 0 Å². The van der Waals surface area contributed by atoms with E-state index >= 15 is 0 Å². The number of aliphatic carboxylic acids is 1. The van der Waals surface area contributed by atoms with Gasteiger partial charge in [0.25, 0.3) is 0 Å². The summed E-state index contributed by atoms with van der Waals surface area (Å²) in [7, 11) is 0. The SMILES string of the molecule is CC(CCCCCCCCCCCCc1ccc(I)cc1)C(=O)O. The molecule has 0 saturated carbocycles. The molecule has 0 aliphatic heterocycles. The predicted molar refractivity (Wildman–Crippen MR) is 110 cm³/mol. The predicted octanol–water partition coefficient (Wildman–Crippen LogP) is 6.85. The summed E-state index contributed by atoms with van der Waals surface area (Å²) in [5, 5.41) is 8.82. The molecule has 1 rings (SSSR count). The van der Waals surface area contributed by atoms with E-state index in [1.807, 2.05) is 0 Å². The molecule has 0 aliphatic rings. The van der Waals surface area contributed by atoms with Crippen LogP contribution in [0.4, 0.5) is 0 Å². The van der Waals surface area contributed by atoms with Gasteiger partial charge in [-0.1, -0.05) is 76.8 Å². The normalized spacial score (nSPS) is 12.2. The highest BCUT2D eigenvalue weighted by Gasteiger charge is 2.09. The van der Waals surface area contributed by atoms with Gasteiger partial charge in [0.1, 0.15) is 0 Å². The standard InChI is InChI=1S/C21H33IO2/c1-18(21(23)24)12-10-8-6-4-2-3-5-7-9-11-13-19-14-16-20(22)17-15-19/h14-18H,2-13H2,1H3,(H,23,24). The van der Waals surface area contributed by atoms with Crippen molar-refractivity contribution in [3.63, 3.8) is 0 Å². The Balaban J connectivity index is 1.82. The average Bonchev–Trinajstić information content (AvgIpc) is 2.57. The lowest BCUT2D eigenvalue weighted by atomic mass is 10.0. The molecule has 0 saturated heterocycles. The van der Waals surface area contributed by atoms with E-state index in [2.05, 4.69) is 46.9 Å². The molecular weight excluding hydrogens is 411 g/mol. The molecule has 0 spiro atoms. The Morgan fingerprint density at radius 1 is 0.875 bits per heavy atom. The maximum Gasteiger partial charge on any atom is 0.306 e. The van der Waals surface area contributed by atoms with Gasteiger partial charge in [-0.05, 0) is 59.5 Å². The van der Waals surface area contributed by atoms with Crippen LogP contribution in [0.1, 0.15) is 83.1 Å². The zero-order chi connectivity index (χ0) is 17.6. The third kappa shape index (κ3) is 11.1. The Labute approximate surface area is 161 Å². The summed E-state index contributed by atoms with van der Waals surface area (Å²) in [6, 6.07) is 8.88. The average molecular weight is 444 g/mol. The number of halogens is 1. The van der Waals surface area contributed by atoms with E-state index < -0.39 is 5.97 Å². The molecule has 0 aliphatic carbocycles. The van der Waals surface area contributed by atoms with E-state index in [0.717, 1.165) is 12.8 Å². The topological polar surface area (TPSA) is 37.3 Å². The Hall–Kier alpha value is -0.580. The third-order valence-corrected chi connectivity index (χ3v) is 5.41. The van der Waals surface area contributed by atoms with Gasteiger partial charge in [-0.3, -0.25) is 4.79 Å². The monoisotopic (exact) mass is 444 g/mol. The first-order chi connectivity index (χ1) is 11.6. The number of carbonyl (C=O) groups is 1. The molecule has 0 amide bonds. The quantitative estimate of drug-likeness (QED) is 0.252. The summed E-state index contributed by atoms with van der Waals surface area (Å²) < 4.78 is 1.31. The Bertz CT molecular complexity index is 442. The van der Waals surface area contributed by atoms with Crippen LogP contribution in [0.15, 0.2) is 24.3 Å². The van der Waals surface area contributed by atoms with E-state index in [1.165, 1.54) is 73.3 Å². The summed E-state index contributed by atoms with van der Waals surface area (Å²) in [4.78, 5) is 10.7. The minimum absolute atomic E-state index is 0.176. The van der Waals surface area contributed by atoms with Gasteiger partial charge in [0.2, 0.25) is 0 Å². The van der Waals surface area contributed by atoms with Crippen LogP contribution in [0.5, 0.6) is 0 Å². The van der Waals surface area contributed by atoms with Gasteiger partial charge in [0.15, 0.2) is 0 Å². The van der Waals surface area contributed by atoms with Crippen LogP contribution in [0.2, 0.25) is 0 Å². The van der Waals surface area contributed by atoms with Gasteiger partial charge >= 0.3 is 5.97 Å². The zero-order valence-corrected chi connectivity index (χ0v) is 17.3. The number of hydrogen-bond donors (Lipinski definition) is 1. The highest BCUT2D eigenvalue weighted by Crippen LogP contribution is 2.15. The van der Waals surface area contributed by atoms with Crippen molar-refractivity contribution in [3.8, 4) is 0 Å². The van der Waals surface area contributed by atoms with Crippen LogP contribution in [0.25, 0.3) is 0 Å². The van der Waals surface area contributed by atoms with Crippen LogP contribution < -0.4 is 0 Å². The molecular formula is C21H33IO2. The first kappa shape index (κ1) is 21.5. The number of hydrogen-bond acceptors (Lipinski definition) is 1. The molecule has 1 aromatic carbocycles. The first-order valence-corrected chi connectivity index (χ1v) is 10.6. The highest BCUT2D eigenvalue weighted by molar-refractivity contribution is 14.1. The van der Waals surface area contributed by atoms with Gasteiger partial charge < -0.3 is 5.11 Å². The number of aryl methyl sites for hydroxylation is 1. The van der Waals surface area contributed by atoms with Gasteiger partial charge in [-0.25, -0.2) is 0 Å². The number of carboxylic acid groups (broad SMARTS) is 1. The van der Waals surface area contributed by atoms with E-state index in [-0.39, 0.29) is 5.92 Å². The second-order valence-corrected chi connectivity index (χ2v) is 8.19. The van der Waals surface area contributed by atoms with Gasteiger partial charge in [-0.2, -0.15) is 0 Å². The lowest BCUT2D eigenvalue weighted by Gasteiger charge is -2.06. The molecule has 3 heteroatoms. The van der Waals surface area contributed by atoms with Gasteiger partial charge in [-0.15, -0.1) is 0 Å². The van der Waals surface area contributed by atoms with E-state index in [9.17, 15) is 4.79 Å². The molecule has 0 fully saturated rings. The lowest BCUT2D eigenvalue weighted by molar-refractivity contribution is -0.141. The number of benzene rings is 1. The minimum Gasteiger partial charge on any atom is -0.481 e. The van der Waals surface area contributed by atoms with Crippen LogP contribution >= 0.6 is 22.6 Å². The Morgan fingerprint density at radius 2 is 1.33 bits per heavy atom. The molecule has 1 aromatic rings. The lowest BCUT2D eigenvalue weighted by Crippen LogP contribution is -2.08. The number of rotatable bonds is 14. The van der Waals surface area contributed by atoms with Crippen LogP contribution in [-0.4, -0.2) is 11.1 Å². The van der Waals surface area contributed by atoms with Crippen LogP contribution in [0.3, 0.4) is 0 Å². The highest BCUT2D eigenvalue weighted by atomic mass is 127. The summed E-state index contributed by atoms with van der Waals surface area (Å²) in [5.74, 6) is -0.832. The molecule has 136 valence electrons. The van der Waals surface area contributed by atoms with Crippen LogP contribution in [0, 0.1) is 9.49 Å². The Morgan fingerprint density at radius 3 is 1.83 bits per heavy atom. The molecule has 24 heavy (non-hydrogen) atoms. The third-order valence-electron chi connectivity index (χ3n) is 4.69.